The van der Waals surface area contributed by atoms with E-state index in [9.17, 15) is 0 Å². The normalized spacial score (nSPS) is 11.3. The number of aromatic nitrogens is 1. The van der Waals surface area contributed by atoms with Gasteiger partial charge in [0.05, 0.1) is 16.6 Å². The molecule has 2 aromatic carbocycles. The number of aromatic amines is 1. The fraction of sp³-hybridized carbons (Fsp3) is 0.222. The van der Waals surface area contributed by atoms with Crippen molar-refractivity contribution in [1.29, 1.82) is 0 Å². The van der Waals surface area contributed by atoms with Crippen molar-refractivity contribution in [3.63, 3.8) is 0 Å². The summed E-state index contributed by atoms with van der Waals surface area (Å²) in [6.45, 7) is 3.06. The second-order valence-corrected chi connectivity index (χ2v) is 6.21. The molecule has 1 heterocycles. The molecule has 2 nitrogen and oxygen atoms in total. The van der Waals surface area contributed by atoms with Gasteiger partial charge in [0.1, 0.15) is 0 Å². The zero-order valence-electron chi connectivity index (χ0n) is 12.5. The Morgan fingerprint density at radius 1 is 1.09 bits per heavy atom. The second-order valence-electron chi connectivity index (χ2n) is 5.40. The molecule has 0 saturated heterocycles. The van der Waals surface area contributed by atoms with Crippen LogP contribution in [-0.4, -0.2) is 11.5 Å². The Morgan fingerprint density at radius 3 is 2.59 bits per heavy atom. The number of fused-ring (bicyclic) bond motifs is 1. The maximum absolute atomic E-state index is 6.20. The topological polar surface area (TPSA) is 43.4 Å². The number of aryl methyl sites for hydroxylation is 1. The van der Waals surface area contributed by atoms with E-state index in [1.807, 2.05) is 18.2 Å². The zero-order valence-corrected chi connectivity index (χ0v) is 14.1. The molecular weight excluding hydrogens is 315 g/mol. The van der Waals surface area contributed by atoms with Gasteiger partial charge in [0.2, 0.25) is 0 Å². The van der Waals surface area contributed by atoms with Crippen LogP contribution in [0.1, 0.15) is 18.2 Å². The van der Waals surface area contributed by atoms with Gasteiger partial charge in [-0.3, -0.25) is 0 Å². The van der Waals surface area contributed by atoms with Crippen molar-refractivity contribution in [2.75, 3.05) is 6.54 Å². The first-order chi connectivity index (χ1) is 10.7. The molecule has 114 valence electrons. The molecule has 0 bridgehead atoms. The summed E-state index contributed by atoms with van der Waals surface area (Å²) in [4.78, 5) is 3.55. The minimum atomic E-state index is 0.582. The molecule has 22 heavy (non-hydrogen) atoms. The summed E-state index contributed by atoms with van der Waals surface area (Å²) in [5, 5.41) is 2.45. The van der Waals surface area contributed by atoms with Crippen LogP contribution in [0.5, 0.6) is 0 Å². The van der Waals surface area contributed by atoms with E-state index in [-0.39, 0.29) is 0 Å². The Balaban J connectivity index is 2.28. The van der Waals surface area contributed by atoms with Crippen LogP contribution in [0.4, 0.5) is 0 Å². The molecule has 3 rings (SSSR count). The van der Waals surface area contributed by atoms with E-state index >= 15 is 0 Å². The zero-order chi connectivity index (χ0) is 15.7. The summed E-state index contributed by atoms with van der Waals surface area (Å²) >= 11 is 12.2. The molecule has 0 fully saturated rings. The highest BCUT2D eigenvalue weighted by Crippen LogP contribution is 2.36. The Labute approximate surface area is 140 Å². The van der Waals surface area contributed by atoms with Gasteiger partial charge in [-0.2, -0.15) is 0 Å². The highest BCUT2D eigenvalue weighted by atomic mass is 35.5. The SMILES string of the molecule is CCc1[nH]c2cccc(-c3ccc(Cl)c(Cl)c3)c2c1CC[NH3+]. The van der Waals surface area contributed by atoms with Crippen LogP contribution in [0, 0.1) is 0 Å². The van der Waals surface area contributed by atoms with Crippen LogP contribution >= 0.6 is 23.2 Å². The van der Waals surface area contributed by atoms with Gasteiger partial charge in [0.25, 0.3) is 0 Å². The third kappa shape index (κ3) is 2.63. The molecule has 1 aromatic heterocycles. The van der Waals surface area contributed by atoms with Gasteiger partial charge in [-0.1, -0.05) is 48.3 Å². The van der Waals surface area contributed by atoms with Crippen molar-refractivity contribution < 1.29 is 5.73 Å². The molecule has 0 aliphatic rings. The molecule has 0 aliphatic heterocycles. The molecule has 4 N–H and O–H groups in total. The third-order valence-corrected chi connectivity index (χ3v) is 4.77. The lowest BCUT2D eigenvalue weighted by Gasteiger charge is -2.08. The monoisotopic (exact) mass is 333 g/mol. The van der Waals surface area contributed by atoms with Crippen LogP contribution < -0.4 is 5.73 Å². The average molecular weight is 334 g/mol. The number of hydrogen-bond donors (Lipinski definition) is 2. The Morgan fingerprint density at radius 2 is 1.91 bits per heavy atom. The van der Waals surface area contributed by atoms with Crippen LogP contribution in [0.15, 0.2) is 36.4 Å². The summed E-state index contributed by atoms with van der Waals surface area (Å²) < 4.78 is 0. The largest absolute Gasteiger partial charge is 0.358 e. The van der Waals surface area contributed by atoms with E-state index in [0.29, 0.717) is 10.0 Å². The maximum atomic E-state index is 6.20. The van der Waals surface area contributed by atoms with E-state index < -0.39 is 0 Å². The van der Waals surface area contributed by atoms with Gasteiger partial charge in [-0.15, -0.1) is 0 Å². The quantitative estimate of drug-likeness (QED) is 0.706. The van der Waals surface area contributed by atoms with Crippen molar-refractivity contribution >= 4 is 34.1 Å². The first-order valence-electron chi connectivity index (χ1n) is 7.52. The molecule has 0 spiro atoms. The molecule has 0 saturated carbocycles. The van der Waals surface area contributed by atoms with Crippen molar-refractivity contribution in [3.05, 3.63) is 57.7 Å². The Kier molecular flexibility index (Phi) is 4.44. The van der Waals surface area contributed by atoms with Crippen molar-refractivity contribution in [3.8, 4) is 11.1 Å². The Bertz CT molecular complexity index is 821. The van der Waals surface area contributed by atoms with Crippen LogP contribution in [0.25, 0.3) is 22.0 Å². The van der Waals surface area contributed by atoms with E-state index in [0.717, 1.165) is 24.9 Å². The predicted molar refractivity (Wildman–Crippen MR) is 94.6 cm³/mol. The summed E-state index contributed by atoms with van der Waals surface area (Å²) in [5.41, 5.74) is 10.1. The van der Waals surface area contributed by atoms with Gasteiger partial charge < -0.3 is 10.7 Å². The van der Waals surface area contributed by atoms with Gasteiger partial charge in [-0.25, -0.2) is 0 Å². The van der Waals surface area contributed by atoms with Gasteiger partial charge in [0.15, 0.2) is 0 Å². The fourth-order valence-corrected chi connectivity index (χ4v) is 3.33. The second kappa shape index (κ2) is 6.33. The first kappa shape index (κ1) is 15.4. The van der Waals surface area contributed by atoms with E-state index in [1.165, 1.54) is 27.7 Å². The van der Waals surface area contributed by atoms with E-state index in [4.69, 9.17) is 23.2 Å². The third-order valence-electron chi connectivity index (χ3n) is 4.03. The molecule has 0 radical (unpaired) electrons. The van der Waals surface area contributed by atoms with Crippen molar-refractivity contribution in [2.45, 2.75) is 19.8 Å². The fourth-order valence-electron chi connectivity index (χ4n) is 3.03. The molecule has 0 aliphatic carbocycles. The first-order valence-corrected chi connectivity index (χ1v) is 8.28. The predicted octanol–water partition coefficient (Wildman–Crippen LogP) is 4.49. The summed E-state index contributed by atoms with van der Waals surface area (Å²) in [7, 11) is 0. The van der Waals surface area contributed by atoms with E-state index in [1.54, 1.807) is 0 Å². The van der Waals surface area contributed by atoms with Gasteiger partial charge >= 0.3 is 0 Å². The molecule has 0 unspecified atom stereocenters. The summed E-state index contributed by atoms with van der Waals surface area (Å²) in [6.07, 6.45) is 1.96. The van der Waals surface area contributed by atoms with Crippen LogP contribution in [0.2, 0.25) is 10.0 Å². The van der Waals surface area contributed by atoms with Crippen molar-refractivity contribution in [1.82, 2.24) is 4.98 Å². The number of H-pyrrole nitrogens is 1. The number of quaternary nitrogens is 1. The Hall–Kier alpha value is -1.48. The lowest BCUT2D eigenvalue weighted by atomic mass is 9.96. The van der Waals surface area contributed by atoms with E-state index in [2.05, 4.69) is 35.8 Å². The number of halogens is 2. The summed E-state index contributed by atoms with van der Waals surface area (Å²) in [6, 6.07) is 12.2. The standard InChI is InChI=1S/C18H18Cl2N2/c1-2-16-13(8-9-21)18-12(4-3-5-17(18)22-16)11-6-7-14(19)15(20)10-11/h3-7,10,22H,2,8-9,21H2,1H3/p+1. The highest BCUT2D eigenvalue weighted by Gasteiger charge is 2.15. The van der Waals surface area contributed by atoms with Crippen LogP contribution in [-0.2, 0) is 12.8 Å². The van der Waals surface area contributed by atoms with Gasteiger partial charge in [-0.05, 0) is 41.3 Å². The number of hydrogen-bond acceptors (Lipinski definition) is 0. The maximum Gasteiger partial charge on any atom is 0.0781 e. The number of rotatable bonds is 4. The minimum Gasteiger partial charge on any atom is -0.358 e. The lowest BCUT2D eigenvalue weighted by molar-refractivity contribution is -0.366. The minimum absolute atomic E-state index is 0.582. The summed E-state index contributed by atoms with van der Waals surface area (Å²) in [5.74, 6) is 0. The smallest absolute Gasteiger partial charge is 0.0781 e. The van der Waals surface area contributed by atoms with Gasteiger partial charge in [0, 0.05) is 23.0 Å². The molecule has 0 atom stereocenters. The average Bonchev–Trinajstić information content (AvgIpc) is 2.88. The molecular formula is C18H19Cl2N2+. The molecule has 0 amide bonds. The lowest BCUT2D eigenvalue weighted by Crippen LogP contribution is -2.51. The number of nitrogens with one attached hydrogen (secondary N) is 1. The van der Waals surface area contributed by atoms with Crippen LogP contribution in [0.3, 0.4) is 0 Å². The number of benzene rings is 2. The van der Waals surface area contributed by atoms with Crippen molar-refractivity contribution in [2.24, 2.45) is 0 Å². The molecule has 4 heteroatoms. The highest BCUT2D eigenvalue weighted by molar-refractivity contribution is 6.42. The molecule has 3 aromatic rings.